The minimum atomic E-state index is -0.479. The van der Waals surface area contributed by atoms with Crippen molar-refractivity contribution < 1.29 is 8.81 Å². The first kappa shape index (κ1) is 14.0. The van der Waals surface area contributed by atoms with Crippen LogP contribution in [0.3, 0.4) is 0 Å². The molecule has 6 heteroatoms. The molecule has 1 aromatic carbocycles. The van der Waals surface area contributed by atoms with E-state index in [0.717, 1.165) is 19.5 Å². The number of hydrogen-bond donors (Lipinski definition) is 0. The minimum absolute atomic E-state index is 0.227. The van der Waals surface area contributed by atoms with Crippen molar-refractivity contribution in [3.05, 3.63) is 40.6 Å². The Kier molecular flexibility index (Phi) is 3.88. The summed E-state index contributed by atoms with van der Waals surface area (Å²) < 4.78 is 19.4. The molecule has 0 unspecified atom stereocenters. The standard InChI is InChI=1S/C15H18FN3O2/c1-11-3-2-8-18(9-11)10-19-15(20)21-14(17-19)12-4-6-13(16)7-5-12/h4-7,11H,2-3,8-10H2,1H3/t11-/m1/s1. The SMILES string of the molecule is C[C@@H]1CCCN(Cn2nc(-c3ccc(F)cc3)oc2=O)C1. The van der Waals surface area contributed by atoms with Crippen molar-refractivity contribution >= 4 is 0 Å². The van der Waals surface area contributed by atoms with Gasteiger partial charge in [0, 0.05) is 12.1 Å². The number of halogens is 1. The highest BCUT2D eigenvalue weighted by Crippen LogP contribution is 2.17. The molecule has 0 bridgehead atoms. The molecule has 5 nitrogen and oxygen atoms in total. The average molecular weight is 291 g/mol. The van der Waals surface area contributed by atoms with Gasteiger partial charge in [-0.3, -0.25) is 4.90 Å². The third kappa shape index (κ3) is 3.21. The van der Waals surface area contributed by atoms with Crippen molar-refractivity contribution in [3.8, 4) is 11.5 Å². The van der Waals surface area contributed by atoms with E-state index in [1.807, 2.05) is 0 Å². The molecule has 3 rings (SSSR count). The highest BCUT2D eigenvalue weighted by molar-refractivity contribution is 5.51. The molecule has 1 aromatic heterocycles. The van der Waals surface area contributed by atoms with Crippen LogP contribution in [0.5, 0.6) is 0 Å². The van der Waals surface area contributed by atoms with Gasteiger partial charge in [0.1, 0.15) is 12.5 Å². The van der Waals surface area contributed by atoms with Crippen LogP contribution in [0.25, 0.3) is 11.5 Å². The van der Waals surface area contributed by atoms with Crippen molar-refractivity contribution in [1.29, 1.82) is 0 Å². The van der Waals surface area contributed by atoms with Gasteiger partial charge in [0.25, 0.3) is 0 Å². The molecule has 0 amide bonds. The minimum Gasteiger partial charge on any atom is -0.388 e. The van der Waals surface area contributed by atoms with Crippen LogP contribution in [-0.4, -0.2) is 27.8 Å². The zero-order chi connectivity index (χ0) is 14.8. The number of hydrogen-bond acceptors (Lipinski definition) is 4. The summed E-state index contributed by atoms with van der Waals surface area (Å²) in [6.07, 6.45) is 2.36. The van der Waals surface area contributed by atoms with E-state index in [-0.39, 0.29) is 11.7 Å². The van der Waals surface area contributed by atoms with Gasteiger partial charge >= 0.3 is 5.76 Å². The number of likely N-dealkylation sites (tertiary alicyclic amines) is 1. The number of rotatable bonds is 3. The number of nitrogens with zero attached hydrogens (tertiary/aromatic N) is 3. The predicted molar refractivity (Wildman–Crippen MR) is 76.1 cm³/mol. The predicted octanol–water partition coefficient (Wildman–Crippen LogP) is 2.33. The molecule has 1 aliphatic rings. The van der Waals surface area contributed by atoms with Gasteiger partial charge in [-0.15, -0.1) is 5.10 Å². The van der Waals surface area contributed by atoms with Gasteiger partial charge in [-0.2, -0.15) is 4.68 Å². The van der Waals surface area contributed by atoms with E-state index in [1.165, 1.54) is 23.2 Å². The van der Waals surface area contributed by atoms with E-state index in [4.69, 9.17) is 4.42 Å². The lowest BCUT2D eigenvalue weighted by Crippen LogP contribution is -2.38. The molecule has 21 heavy (non-hydrogen) atoms. The Labute approximate surface area is 122 Å². The number of aromatic nitrogens is 2. The van der Waals surface area contributed by atoms with Crippen molar-refractivity contribution in [3.63, 3.8) is 0 Å². The smallest absolute Gasteiger partial charge is 0.388 e. The molecular formula is C15H18FN3O2. The molecule has 112 valence electrons. The van der Waals surface area contributed by atoms with E-state index in [0.29, 0.717) is 18.2 Å². The number of piperidine rings is 1. The topological polar surface area (TPSA) is 51.3 Å². The Hall–Kier alpha value is -1.95. The Balaban J connectivity index is 1.78. The molecule has 0 spiro atoms. The second-order valence-electron chi connectivity index (χ2n) is 5.65. The van der Waals surface area contributed by atoms with E-state index in [2.05, 4.69) is 16.9 Å². The van der Waals surface area contributed by atoms with Gasteiger partial charge in [-0.05, 0) is 49.6 Å². The summed E-state index contributed by atoms with van der Waals surface area (Å²) in [6, 6.07) is 5.74. The van der Waals surface area contributed by atoms with Crippen LogP contribution in [0.2, 0.25) is 0 Å². The first-order valence-corrected chi connectivity index (χ1v) is 7.18. The van der Waals surface area contributed by atoms with E-state index < -0.39 is 5.76 Å². The summed E-state index contributed by atoms with van der Waals surface area (Å²) in [4.78, 5) is 14.1. The quantitative estimate of drug-likeness (QED) is 0.871. The average Bonchev–Trinajstić information content (AvgIpc) is 2.81. The van der Waals surface area contributed by atoms with Crippen LogP contribution in [0.4, 0.5) is 4.39 Å². The summed E-state index contributed by atoms with van der Waals surface area (Å²) >= 11 is 0. The lowest BCUT2D eigenvalue weighted by atomic mass is 10.0. The molecule has 0 saturated carbocycles. The second kappa shape index (κ2) is 5.81. The van der Waals surface area contributed by atoms with Gasteiger partial charge in [0.2, 0.25) is 5.89 Å². The van der Waals surface area contributed by atoms with Crippen molar-refractivity contribution in [2.24, 2.45) is 5.92 Å². The summed E-state index contributed by atoms with van der Waals surface area (Å²) in [5.41, 5.74) is 0.597. The molecule has 0 aliphatic carbocycles. The molecule has 1 saturated heterocycles. The second-order valence-corrected chi connectivity index (χ2v) is 5.65. The molecule has 0 N–H and O–H groups in total. The Morgan fingerprint density at radius 2 is 2.14 bits per heavy atom. The largest absolute Gasteiger partial charge is 0.438 e. The summed E-state index contributed by atoms with van der Waals surface area (Å²) in [5, 5.41) is 4.20. The van der Waals surface area contributed by atoms with Crippen molar-refractivity contribution in [2.45, 2.75) is 26.4 Å². The fourth-order valence-corrected chi connectivity index (χ4v) is 2.71. The third-order valence-electron chi connectivity index (χ3n) is 3.77. The molecule has 1 aliphatic heterocycles. The van der Waals surface area contributed by atoms with Crippen LogP contribution in [-0.2, 0) is 6.67 Å². The normalized spacial score (nSPS) is 19.8. The summed E-state index contributed by atoms with van der Waals surface area (Å²) in [7, 11) is 0. The first-order valence-electron chi connectivity index (χ1n) is 7.18. The van der Waals surface area contributed by atoms with Crippen LogP contribution >= 0.6 is 0 Å². The van der Waals surface area contributed by atoms with Crippen molar-refractivity contribution in [2.75, 3.05) is 13.1 Å². The molecule has 1 atom stereocenters. The van der Waals surface area contributed by atoms with E-state index in [1.54, 1.807) is 12.1 Å². The first-order chi connectivity index (χ1) is 10.1. The lowest BCUT2D eigenvalue weighted by molar-refractivity contribution is 0.135. The molecule has 0 radical (unpaired) electrons. The van der Waals surface area contributed by atoms with Crippen LogP contribution in [0.15, 0.2) is 33.5 Å². The fraction of sp³-hybridized carbons (Fsp3) is 0.467. The summed E-state index contributed by atoms with van der Waals surface area (Å²) in [5.74, 6) is 0.0540. The maximum atomic E-state index is 12.9. The Morgan fingerprint density at radius 1 is 1.38 bits per heavy atom. The zero-order valence-electron chi connectivity index (χ0n) is 12.0. The Morgan fingerprint density at radius 3 is 2.86 bits per heavy atom. The molecular weight excluding hydrogens is 273 g/mol. The molecule has 2 aromatic rings. The van der Waals surface area contributed by atoms with Crippen LogP contribution in [0, 0.1) is 11.7 Å². The lowest BCUT2D eigenvalue weighted by Gasteiger charge is -2.29. The van der Waals surface area contributed by atoms with Crippen molar-refractivity contribution in [1.82, 2.24) is 14.7 Å². The molecule has 2 heterocycles. The highest BCUT2D eigenvalue weighted by Gasteiger charge is 2.19. The van der Waals surface area contributed by atoms with Gasteiger partial charge < -0.3 is 4.42 Å². The van der Waals surface area contributed by atoms with Crippen LogP contribution in [0.1, 0.15) is 19.8 Å². The van der Waals surface area contributed by atoms with Gasteiger partial charge in [0.05, 0.1) is 0 Å². The van der Waals surface area contributed by atoms with E-state index in [9.17, 15) is 9.18 Å². The number of benzene rings is 1. The van der Waals surface area contributed by atoms with Gasteiger partial charge in [-0.25, -0.2) is 9.18 Å². The maximum absolute atomic E-state index is 12.9. The van der Waals surface area contributed by atoms with Gasteiger partial charge in [0.15, 0.2) is 0 Å². The fourth-order valence-electron chi connectivity index (χ4n) is 2.71. The highest BCUT2D eigenvalue weighted by atomic mass is 19.1. The van der Waals surface area contributed by atoms with Crippen LogP contribution < -0.4 is 5.76 Å². The summed E-state index contributed by atoms with van der Waals surface area (Å²) in [6.45, 7) is 4.58. The monoisotopic (exact) mass is 291 g/mol. The van der Waals surface area contributed by atoms with Gasteiger partial charge in [-0.1, -0.05) is 6.92 Å². The van der Waals surface area contributed by atoms with E-state index >= 15 is 0 Å². The molecule has 1 fully saturated rings. The zero-order valence-corrected chi connectivity index (χ0v) is 12.0. The third-order valence-corrected chi connectivity index (χ3v) is 3.77. The Bertz CT molecular complexity index is 662. The maximum Gasteiger partial charge on any atom is 0.438 e.